The molecule has 0 amide bonds. The SMILES string of the molecule is CCC(O[PH+]=O)C(C)(C)C. The van der Waals surface area contributed by atoms with Gasteiger partial charge in [0.2, 0.25) is 0 Å². The first-order chi connectivity index (χ1) is 4.52. The molecule has 10 heavy (non-hydrogen) atoms. The van der Waals surface area contributed by atoms with E-state index in [-0.39, 0.29) is 11.5 Å². The van der Waals surface area contributed by atoms with Crippen LogP contribution in [0.3, 0.4) is 0 Å². The highest BCUT2D eigenvalue weighted by atomic mass is 31.1. The zero-order valence-corrected chi connectivity index (χ0v) is 8.10. The summed E-state index contributed by atoms with van der Waals surface area (Å²) in [5.74, 6) is 0. The molecule has 0 aromatic heterocycles. The Morgan fingerprint density at radius 2 is 2.00 bits per heavy atom. The van der Waals surface area contributed by atoms with Gasteiger partial charge in [-0.2, -0.15) is 0 Å². The Balaban J connectivity index is 3.92. The van der Waals surface area contributed by atoms with Gasteiger partial charge in [-0.25, -0.2) is 0 Å². The first kappa shape index (κ1) is 10.1. The van der Waals surface area contributed by atoms with E-state index in [2.05, 4.69) is 20.8 Å². The van der Waals surface area contributed by atoms with Gasteiger partial charge in [0, 0.05) is 0 Å². The molecule has 2 unspecified atom stereocenters. The molecule has 2 atom stereocenters. The third-order valence-corrected chi connectivity index (χ3v) is 1.91. The van der Waals surface area contributed by atoms with Crippen molar-refractivity contribution in [2.45, 2.75) is 40.2 Å². The maximum Gasteiger partial charge on any atom is 0.494 e. The van der Waals surface area contributed by atoms with E-state index in [0.717, 1.165) is 6.42 Å². The molecule has 0 heterocycles. The first-order valence-corrected chi connectivity index (χ1v) is 4.36. The Morgan fingerprint density at radius 3 is 2.10 bits per heavy atom. The summed E-state index contributed by atoms with van der Waals surface area (Å²) in [5.41, 5.74) is 0.103. The van der Waals surface area contributed by atoms with Crippen LogP contribution in [-0.2, 0) is 9.09 Å². The highest BCUT2D eigenvalue weighted by molar-refractivity contribution is 7.17. The third kappa shape index (κ3) is 3.28. The summed E-state index contributed by atoms with van der Waals surface area (Å²) in [7, 11) is -0.632. The smallest absolute Gasteiger partial charge is 0.144 e. The van der Waals surface area contributed by atoms with Crippen LogP contribution in [0.5, 0.6) is 0 Å². The summed E-state index contributed by atoms with van der Waals surface area (Å²) in [6.07, 6.45) is 1.03. The van der Waals surface area contributed by atoms with Crippen molar-refractivity contribution in [2.75, 3.05) is 0 Å². The van der Waals surface area contributed by atoms with Crippen molar-refractivity contribution in [1.82, 2.24) is 0 Å². The van der Waals surface area contributed by atoms with E-state index in [4.69, 9.17) is 4.52 Å². The average molecular weight is 163 g/mol. The lowest BCUT2D eigenvalue weighted by Crippen LogP contribution is -2.25. The van der Waals surface area contributed by atoms with Gasteiger partial charge in [0.1, 0.15) is 6.10 Å². The van der Waals surface area contributed by atoms with E-state index >= 15 is 0 Å². The predicted octanol–water partition coefficient (Wildman–Crippen LogP) is 2.77. The van der Waals surface area contributed by atoms with Crippen LogP contribution in [0.1, 0.15) is 34.1 Å². The van der Waals surface area contributed by atoms with Crippen molar-refractivity contribution in [3.63, 3.8) is 0 Å². The summed E-state index contributed by atoms with van der Waals surface area (Å²) in [6.45, 7) is 8.29. The molecule has 0 saturated heterocycles. The Kier molecular flexibility index (Phi) is 4.07. The van der Waals surface area contributed by atoms with Crippen LogP contribution in [0.25, 0.3) is 0 Å². The van der Waals surface area contributed by atoms with E-state index in [1.807, 2.05) is 6.92 Å². The van der Waals surface area contributed by atoms with Gasteiger partial charge in [-0.05, 0) is 16.4 Å². The standard InChI is InChI=1S/C7H16O2P/c1-5-6(9-10-8)7(2,3)4/h6,10H,5H2,1-4H3/q+1. The van der Waals surface area contributed by atoms with Crippen molar-refractivity contribution in [2.24, 2.45) is 5.41 Å². The molecule has 60 valence electrons. The Labute approximate surface area is 64.2 Å². The molecule has 0 radical (unpaired) electrons. The van der Waals surface area contributed by atoms with Crippen molar-refractivity contribution >= 4 is 8.69 Å². The van der Waals surface area contributed by atoms with Crippen molar-refractivity contribution in [1.29, 1.82) is 0 Å². The van der Waals surface area contributed by atoms with Crippen molar-refractivity contribution in [3.05, 3.63) is 0 Å². The molecule has 2 nitrogen and oxygen atoms in total. The second kappa shape index (κ2) is 4.05. The van der Waals surface area contributed by atoms with Crippen LogP contribution >= 0.6 is 8.69 Å². The predicted molar refractivity (Wildman–Crippen MR) is 43.6 cm³/mol. The molecule has 0 aliphatic heterocycles. The van der Waals surface area contributed by atoms with E-state index in [1.165, 1.54) is 0 Å². The number of hydrogen-bond acceptors (Lipinski definition) is 2. The van der Waals surface area contributed by atoms with Gasteiger partial charge in [0.15, 0.2) is 0 Å². The minimum atomic E-state index is -0.632. The molecule has 0 fully saturated rings. The molecule has 0 aliphatic carbocycles. The number of rotatable bonds is 3. The van der Waals surface area contributed by atoms with E-state index in [0.29, 0.717) is 0 Å². The van der Waals surface area contributed by atoms with E-state index in [9.17, 15) is 4.57 Å². The molecule has 0 aromatic rings. The third-order valence-electron chi connectivity index (χ3n) is 1.53. The minimum Gasteiger partial charge on any atom is -0.144 e. The zero-order chi connectivity index (χ0) is 8.20. The molecule has 3 heteroatoms. The topological polar surface area (TPSA) is 26.3 Å². The lowest BCUT2D eigenvalue weighted by atomic mass is 9.88. The van der Waals surface area contributed by atoms with Crippen LogP contribution in [0.2, 0.25) is 0 Å². The monoisotopic (exact) mass is 163 g/mol. The highest BCUT2D eigenvalue weighted by Gasteiger charge is 2.26. The van der Waals surface area contributed by atoms with E-state index < -0.39 is 8.69 Å². The molecule has 0 spiro atoms. The Bertz CT molecular complexity index is 107. The molecule has 0 aromatic carbocycles. The summed E-state index contributed by atoms with van der Waals surface area (Å²) < 4.78 is 15.2. The fraction of sp³-hybridized carbons (Fsp3) is 1.00. The fourth-order valence-electron chi connectivity index (χ4n) is 0.931. The molecule has 0 bridgehead atoms. The number of hydrogen-bond donors (Lipinski definition) is 0. The van der Waals surface area contributed by atoms with Gasteiger partial charge >= 0.3 is 8.69 Å². The van der Waals surface area contributed by atoms with Crippen LogP contribution in [0, 0.1) is 5.41 Å². The fourth-order valence-corrected chi connectivity index (χ4v) is 1.57. The summed E-state index contributed by atoms with van der Waals surface area (Å²) in [4.78, 5) is 0. The maximum absolute atomic E-state index is 10.2. The highest BCUT2D eigenvalue weighted by Crippen LogP contribution is 2.27. The van der Waals surface area contributed by atoms with Crippen molar-refractivity contribution in [3.8, 4) is 0 Å². The van der Waals surface area contributed by atoms with Crippen LogP contribution in [0.4, 0.5) is 0 Å². The van der Waals surface area contributed by atoms with Gasteiger partial charge in [-0.3, -0.25) is 0 Å². The molecular weight excluding hydrogens is 147 g/mol. The second-order valence-corrected chi connectivity index (χ2v) is 3.87. The molecular formula is C7H16O2P+. The molecule has 0 rings (SSSR count). The van der Waals surface area contributed by atoms with Crippen molar-refractivity contribution < 1.29 is 9.09 Å². The largest absolute Gasteiger partial charge is 0.494 e. The molecule has 0 aliphatic rings. The van der Waals surface area contributed by atoms with Gasteiger partial charge < -0.3 is 0 Å². The minimum absolute atomic E-state index is 0.103. The normalized spacial score (nSPS) is 15.6. The quantitative estimate of drug-likeness (QED) is 0.598. The lowest BCUT2D eigenvalue weighted by Gasteiger charge is -2.23. The van der Waals surface area contributed by atoms with E-state index in [1.54, 1.807) is 0 Å². The van der Waals surface area contributed by atoms with Crippen LogP contribution in [0.15, 0.2) is 0 Å². The first-order valence-electron chi connectivity index (χ1n) is 3.55. The zero-order valence-electron chi connectivity index (χ0n) is 7.10. The van der Waals surface area contributed by atoms with Gasteiger partial charge in [0.25, 0.3) is 0 Å². The van der Waals surface area contributed by atoms with Crippen LogP contribution in [-0.4, -0.2) is 6.10 Å². The van der Waals surface area contributed by atoms with Crippen LogP contribution < -0.4 is 0 Å². The molecule has 0 saturated carbocycles. The van der Waals surface area contributed by atoms with Gasteiger partial charge in [0.05, 0.1) is 0 Å². The summed E-state index contributed by atoms with van der Waals surface area (Å²) in [6, 6.07) is 0. The average Bonchev–Trinajstić information content (AvgIpc) is 1.80. The lowest BCUT2D eigenvalue weighted by molar-refractivity contribution is 0.0967. The Hall–Kier alpha value is 0.0600. The molecule has 0 N–H and O–H groups in total. The second-order valence-electron chi connectivity index (χ2n) is 3.46. The summed E-state index contributed by atoms with van der Waals surface area (Å²) >= 11 is 0. The summed E-state index contributed by atoms with van der Waals surface area (Å²) in [5, 5.41) is 0. The van der Waals surface area contributed by atoms with Gasteiger partial charge in [-0.15, -0.1) is 4.52 Å². The Morgan fingerprint density at radius 1 is 1.50 bits per heavy atom. The van der Waals surface area contributed by atoms with Gasteiger partial charge in [-0.1, -0.05) is 27.7 Å². The maximum atomic E-state index is 10.2.